The van der Waals surface area contributed by atoms with Crippen molar-refractivity contribution in [3.63, 3.8) is 0 Å². The summed E-state index contributed by atoms with van der Waals surface area (Å²) in [5.74, 6) is -0.324. The van der Waals surface area contributed by atoms with Crippen LogP contribution in [0.25, 0.3) is 22.1 Å². The number of para-hydroxylation sites is 1. The quantitative estimate of drug-likeness (QED) is 0.477. The topological polar surface area (TPSA) is 85.7 Å². The molecule has 0 unspecified atom stereocenters. The predicted octanol–water partition coefficient (Wildman–Crippen LogP) is 4.76. The molecule has 4 aromatic rings. The third-order valence-electron chi connectivity index (χ3n) is 4.85. The summed E-state index contributed by atoms with van der Waals surface area (Å²) in [5, 5.41) is 10.1. The number of ether oxygens (including phenoxy) is 1. The molecule has 1 aromatic heterocycles. The van der Waals surface area contributed by atoms with Crippen molar-refractivity contribution in [1.29, 1.82) is 0 Å². The van der Waals surface area contributed by atoms with Crippen molar-refractivity contribution in [2.75, 3.05) is 0 Å². The lowest BCUT2D eigenvalue weighted by molar-refractivity contribution is -0.136. The normalized spacial score (nSPS) is 10.9. The van der Waals surface area contributed by atoms with Gasteiger partial charge >= 0.3 is 5.97 Å². The zero-order valence-corrected chi connectivity index (χ0v) is 15.8. The molecule has 0 aliphatic carbocycles. The summed E-state index contributed by atoms with van der Waals surface area (Å²) in [4.78, 5) is 11.1. The molecule has 1 heterocycles. The van der Waals surface area contributed by atoms with Crippen LogP contribution in [0.1, 0.15) is 16.7 Å². The van der Waals surface area contributed by atoms with Crippen molar-refractivity contribution in [2.45, 2.75) is 19.6 Å². The van der Waals surface area contributed by atoms with E-state index in [4.69, 9.17) is 20.0 Å². The molecule has 5 heteroatoms. The number of hydrogen-bond acceptors (Lipinski definition) is 4. The molecule has 0 aliphatic rings. The molecule has 3 aromatic carbocycles. The van der Waals surface area contributed by atoms with Gasteiger partial charge < -0.3 is 20.0 Å². The summed E-state index contributed by atoms with van der Waals surface area (Å²) in [5.41, 5.74) is 11.3. The van der Waals surface area contributed by atoms with Crippen LogP contribution in [-0.4, -0.2) is 11.1 Å². The highest BCUT2D eigenvalue weighted by Crippen LogP contribution is 2.29. The van der Waals surface area contributed by atoms with Crippen LogP contribution in [0.4, 0.5) is 0 Å². The second kappa shape index (κ2) is 8.20. The first kappa shape index (κ1) is 18.8. The number of carbonyl (C=O) groups is 1. The van der Waals surface area contributed by atoms with Crippen LogP contribution in [0.3, 0.4) is 0 Å². The number of fused-ring (bicyclic) bond motifs is 1. The zero-order chi connectivity index (χ0) is 20.2. The van der Waals surface area contributed by atoms with Gasteiger partial charge in [-0.3, -0.25) is 4.79 Å². The molecule has 3 N–H and O–H groups in total. The number of hydrogen-bond donors (Lipinski definition) is 2. The molecule has 146 valence electrons. The molecule has 0 radical (unpaired) electrons. The molecule has 0 fully saturated rings. The Kier molecular flexibility index (Phi) is 5.31. The van der Waals surface area contributed by atoms with Gasteiger partial charge in [-0.1, -0.05) is 42.5 Å². The van der Waals surface area contributed by atoms with E-state index in [0.29, 0.717) is 17.9 Å². The Morgan fingerprint density at radius 1 is 0.966 bits per heavy atom. The number of furan rings is 1. The van der Waals surface area contributed by atoms with E-state index in [1.807, 2.05) is 30.3 Å². The zero-order valence-electron chi connectivity index (χ0n) is 15.8. The van der Waals surface area contributed by atoms with Crippen LogP contribution in [0, 0.1) is 0 Å². The van der Waals surface area contributed by atoms with Gasteiger partial charge in [0.15, 0.2) is 0 Å². The van der Waals surface area contributed by atoms with E-state index in [9.17, 15) is 4.79 Å². The third kappa shape index (κ3) is 4.15. The van der Waals surface area contributed by atoms with Crippen LogP contribution < -0.4 is 10.5 Å². The molecule has 0 bridgehead atoms. The highest BCUT2D eigenvalue weighted by atomic mass is 16.5. The Bertz CT molecular complexity index is 1160. The van der Waals surface area contributed by atoms with Gasteiger partial charge in [-0.2, -0.15) is 0 Å². The van der Waals surface area contributed by atoms with Crippen molar-refractivity contribution in [3.05, 3.63) is 89.7 Å². The second-order valence-corrected chi connectivity index (χ2v) is 6.84. The molecule has 5 nitrogen and oxygen atoms in total. The van der Waals surface area contributed by atoms with Crippen LogP contribution in [-0.2, 0) is 24.4 Å². The van der Waals surface area contributed by atoms with Gasteiger partial charge in [-0.25, -0.2) is 0 Å². The van der Waals surface area contributed by atoms with E-state index in [0.717, 1.165) is 33.2 Å². The highest BCUT2D eigenvalue weighted by Gasteiger charge is 2.11. The van der Waals surface area contributed by atoms with Crippen molar-refractivity contribution in [3.8, 4) is 16.9 Å². The lowest BCUT2D eigenvalue weighted by Crippen LogP contribution is -2.03. The molecule has 0 saturated carbocycles. The van der Waals surface area contributed by atoms with E-state index in [1.165, 1.54) is 0 Å². The number of aliphatic carboxylic acids is 1. The van der Waals surface area contributed by atoms with Crippen LogP contribution in [0.5, 0.6) is 5.75 Å². The molecule has 0 saturated heterocycles. The molecule has 0 atom stereocenters. The van der Waals surface area contributed by atoms with Crippen molar-refractivity contribution in [1.82, 2.24) is 0 Å². The third-order valence-corrected chi connectivity index (χ3v) is 4.85. The van der Waals surface area contributed by atoms with Crippen molar-refractivity contribution < 1.29 is 19.1 Å². The molecule has 29 heavy (non-hydrogen) atoms. The fourth-order valence-electron chi connectivity index (χ4n) is 3.36. The predicted molar refractivity (Wildman–Crippen MR) is 112 cm³/mol. The van der Waals surface area contributed by atoms with E-state index in [1.54, 1.807) is 24.5 Å². The molecule has 0 amide bonds. The Hall–Kier alpha value is -3.57. The molecule has 0 aliphatic heterocycles. The van der Waals surface area contributed by atoms with Crippen molar-refractivity contribution in [2.24, 2.45) is 5.73 Å². The Morgan fingerprint density at radius 3 is 2.62 bits per heavy atom. The maximum absolute atomic E-state index is 11.1. The largest absolute Gasteiger partial charge is 0.488 e. The molecular formula is C24H21NO4. The first-order valence-electron chi connectivity index (χ1n) is 9.36. The Balaban J connectivity index is 1.61. The molecule has 0 spiro atoms. The van der Waals surface area contributed by atoms with Gasteiger partial charge in [0, 0.05) is 23.1 Å². The van der Waals surface area contributed by atoms with Crippen LogP contribution in [0.15, 0.2) is 77.4 Å². The second-order valence-electron chi connectivity index (χ2n) is 6.84. The monoisotopic (exact) mass is 387 g/mol. The first-order chi connectivity index (χ1) is 14.1. The summed E-state index contributed by atoms with van der Waals surface area (Å²) >= 11 is 0. The minimum atomic E-state index is -0.890. The lowest BCUT2D eigenvalue weighted by Gasteiger charge is -2.10. The number of carboxylic acid groups (broad SMARTS) is 1. The van der Waals surface area contributed by atoms with Gasteiger partial charge in [-0.15, -0.1) is 0 Å². The standard InChI is InChI=1S/C24H21NO4/c25-13-16-4-3-6-17(10-16)18-8-9-23-21(11-18)20(15-29-23)14-28-22-7-2-1-5-19(22)12-24(26)27/h1-11,15H,12-14,25H2,(H,26,27). The van der Waals surface area contributed by atoms with Gasteiger partial charge in [0.05, 0.1) is 12.7 Å². The van der Waals surface area contributed by atoms with E-state index >= 15 is 0 Å². The maximum Gasteiger partial charge on any atom is 0.307 e. The highest BCUT2D eigenvalue weighted by molar-refractivity contribution is 5.86. The minimum Gasteiger partial charge on any atom is -0.488 e. The number of carboxylic acids is 1. The average molecular weight is 387 g/mol. The minimum absolute atomic E-state index is 0.0794. The number of nitrogens with two attached hydrogens (primary N) is 1. The fraction of sp³-hybridized carbons (Fsp3) is 0.125. The summed E-state index contributed by atoms with van der Waals surface area (Å²) in [6.07, 6.45) is 1.61. The van der Waals surface area contributed by atoms with E-state index in [-0.39, 0.29) is 13.0 Å². The first-order valence-corrected chi connectivity index (χ1v) is 9.36. The van der Waals surface area contributed by atoms with Gasteiger partial charge in [0.2, 0.25) is 0 Å². The SMILES string of the molecule is NCc1cccc(-c2ccc3occ(COc4ccccc4CC(=O)O)c3c2)c1. The summed E-state index contributed by atoms with van der Waals surface area (Å²) in [6.45, 7) is 0.784. The van der Waals surface area contributed by atoms with Crippen molar-refractivity contribution >= 4 is 16.9 Å². The van der Waals surface area contributed by atoms with E-state index in [2.05, 4.69) is 18.2 Å². The number of rotatable bonds is 7. The summed E-state index contributed by atoms with van der Waals surface area (Å²) < 4.78 is 11.6. The Morgan fingerprint density at radius 2 is 1.79 bits per heavy atom. The summed E-state index contributed by atoms with van der Waals surface area (Å²) in [7, 11) is 0. The summed E-state index contributed by atoms with van der Waals surface area (Å²) in [6, 6.07) is 21.4. The maximum atomic E-state index is 11.1. The van der Waals surface area contributed by atoms with Crippen LogP contribution >= 0.6 is 0 Å². The molecular weight excluding hydrogens is 366 g/mol. The Labute approximate surface area is 168 Å². The fourth-order valence-corrected chi connectivity index (χ4v) is 3.36. The lowest BCUT2D eigenvalue weighted by atomic mass is 10.0. The molecule has 4 rings (SSSR count). The number of benzene rings is 3. The van der Waals surface area contributed by atoms with Gasteiger partial charge in [0.1, 0.15) is 17.9 Å². The smallest absolute Gasteiger partial charge is 0.307 e. The van der Waals surface area contributed by atoms with Gasteiger partial charge in [0.25, 0.3) is 0 Å². The van der Waals surface area contributed by atoms with Crippen LogP contribution in [0.2, 0.25) is 0 Å². The van der Waals surface area contributed by atoms with E-state index < -0.39 is 5.97 Å². The van der Waals surface area contributed by atoms with Gasteiger partial charge in [-0.05, 0) is 41.0 Å². The average Bonchev–Trinajstić information content (AvgIpc) is 3.15.